The predicted molar refractivity (Wildman–Crippen MR) is 73.6 cm³/mol. The molecule has 0 saturated heterocycles. The number of aromatic nitrogens is 1. The molecule has 3 nitrogen and oxygen atoms in total. The van der Waals surface area contributed by atoms with Gasteiger partial charge in [-0.2, -0.15) is 0 Å². The molecule has 0 radical (unpaired) electrons. The normalized spacial score (nSPS) is 13.4. The van der Waals surface area contributed by atoms with Gasteiger partial charge < -0.3 is 5.32 Å². The van der Waals surface area contributed by atoms with Gasteiger partial charge in [-0.05, 0) is 36.5 Å². The van der Waals surface area contributed by atoms with Gasteiger partial charge in [-0.3, -0.25) is 4.79 Å². The molecule has 3 rings (SSSR count). The van der Waals surface area contributed by atoms with Crippen LogP contribution in [0.2, 0.25) is 0 Å². The van der Waals surface area contributed by atoms with E-state index in [0.717, 1.165) is 23.5 Å². The number of rotatable bonds is 3. The van der Waals surface area contributed by atoms with E-state index in [1.54, 1.807) is 5.38 Å². The highest BCUT2D eigenvalue weighted by Gasteiger charge is 2.16. The molecule has 0 unspecified atom stereocenters. The van der Waals surface area contributed by atoms with E-state index < -0.39 is 0 Å². The van der Waals surface area contributed by atoms with Crippen molar-refractivity contribution in [2.45, 2.75) is 19.3 Å². The average molecular weight is 258 g/mol. The molecule has 18 heavy (non-hydrogen) atoms. The summed E-state index contributed by atoms with van der Waals surface area (Å²) in [7, 11) is 1.81. The van der Waals surface area contributed by atoms with E-state index in [4.69, 9.17) is 0 Å². The molecule has 0 bridgehead atoms. The molecule has 0 aliphatic heterocycles. The molecule has 0 atom stereocenters. The minimum atomic E-state index is 0.0162. The van der Waals surface area contributed by atoms with E-state index in [9.17, 15) is 4.79 Å². The molecular weight excluding hydrogens is 244 g/mol. The summed E-state index contributed by atoms with van der Waals surface area (Å²) in [6, 6.07) is 6.04. The van der Waals surface area contributed by atoms with E-state index in [1.165, 1.54) is 28.9 Å². The highest BCUT2D eigenvalue weighted by Crippen LogP contribution is 2.24. The highest BCUT2D eigenvalue weighted by molar-refractivity contribution is 7.13. The van der Waals surface area contributed by atoms with E-state index in [0.29, 0.717) is 5.69 Å². The van der Waals surface area contributed by atoms with E-state index in [-0.39, 0.29) is 5.78 Å². The number of hydrogen-bond donors (Lipinski definition) is 1. The van der Waals surface area contributed by atoms with Crippen molar-refractivity contribution in [1.29, 1.82) is 0 Å². The molecule has 0 saturated carbocycles. The maximum absolute atomic E-state index is 12.3. The van der Waals surface area contributed by atoms with Crippen molar-refractivity contribution in [3.05, 3.63) is 46.0 Å². The summed E-state index contributed by atoms with van der Waals surface area (Å²) in [6.07, 6.45) is 3.44. The lowest BCUT2D eigenvalue weighted by atomic mass is 10.0. The Morgan fingerprint density at radius 2 is 2.17 bits per heavy atom. The summed E-state index contributed by atoms with van der Waals surface area (Å²) in [5.74, 6) is 0.0162. The lowest BCUT2D eigenvalue weighted by molar-refractivity contribution is 0.103. The molecule has 1 aromatic heterocycles. The fourth-order valence-electron chi connectivity index (χ4n) is 2.35. The fourth-order valence-corrected chi connectivity index (χ4v) is 3.01. The number of ketones is 1. The number of thiazole rings is 1. The first kappa shape index (κ1) is 11.4. The van der Waals surface area contributed by atoms with Crippen LogP contribution in [0.4, 0.5) is 5.13 Å². The molecule has 1 N–H and O–H groups in total. The minimum absolute atomic E-state index is 0.0162. The Labute approximate surface area is 110 Å². The Morgan fingerprint density at radius 1 is 1.33 bits per heavy atom. The number of carbonyl (C=O) groups is 1. The van der Waals surface area contributed by atoms with E-state index >= 15 is 0 Å². The second-order valence-electron chi connectivity index (χ2n) is 4.45. The van der Waals surface area contributed by atoms with Crippen LogP contribution in [0.5, 0.6) is 0 Å². The molecule has 1 aromatic carbocycles. The quantitative estimate of drug-likeness (QED) is 0.861. The Balaban J connectivity index is 1.92. The Hall–Kier alpha value is -1.68. The maximum Gasteiger partial charge on any atom is 0.212 e. The van der Waals surface area contributed by atoms with E-state index in [1.807, 2.05) is 19.2 Å². The van der Waals surface area contributed by atoms with Crippen molar-refractivity contribution in [1.82, 2.24) is 4.98 Å². The van der Waals surface area contributed by atoms with Gasteiger partial charge >= 0.3 is 0 Å². The maximum atomic E-state index is 12.3. The average Bonchev–Trinajstić information content (AvgIpc) is 3.05. The number of fused-ring (bicyclic) bond motifs is 1. The second-order valence-corrected chi connectivity index (χ2v) is 5.31. The van der Waals surface area contributed by atoms with Gasteiger partial charge in [0.15, 0.2) is 5.13 Å². The van der Waals surface area contributed by atoms with Crippen LogP contribution < -0.4 is 5.32 Å². The zero-order chi connectivity index (χ0) is 12.5. The summed E-state index contributed by atoms with van der Waals surface area (Å²) < 4.78 is 0. The van der Waals surface area contributed by atoms with Gasteiger partial charge in [0.25, 0.3) is 0 Å². The molecule has 1 aliphatic carbocycles. The van der Waals surface area contributed by atoms with Crippen molar-refractivity contribution in [3.8, 4) is 0 Å². The van der Waals surface area contributed by atoms with Crippen LogP contribution in [0.1, 0.15) is 33.6 Å². The van der Waals surface area contributed by atoms with Gasteiger partial charge in [0.2, 0.25) is 5.78 Å². The molecule has 1 heterocycles. The summed E-state index contributed by atoms with van der Waals surface area (Å²) >= 11 is 1.45. The van der Waals surface area contributed by atoms with Crippen molar-refractivity contribution in [3.63, 3.8) is 0 Å². The van der Waals surface area contributed by atoms with Crippen LogP contribution >= 0.6 is 11.3 Å². The van der Waals surface area contributed by atoms with Crippen LogP contribution in [-0.2, 0) is 12.8 Å². The minimum Gasteiger partial charge on any atom is -0.365 e. The van der Waals surface area contributed by atoms with Gasteiger partial charge in [0.1, 0.15) is 5.69 Å². The molecule has 92 valence electrons. The first-order valence-electron chi connectivity index (χ1n) is 6.07. The first-order valence-corrected chi connectivity index (χ1v) is 6.95. The lowest BCUT2D eigenvalue weighted by Crippen LogP contribution is -2.03. The van der Waals surface area contributed by atoms with Crippen LogP contribution in [0.15, 0.2) is 23.6 Å². The van der Waals surface area contributed by atoms with Gasteiger partial charge in [-0.15, -0.1) is 11.3 Å². The smallest absolute Gasteiger partial charge is 0.212 e. The largest absolute Gasteiger partial charge is 0.365 e. The number of nitrogens with one attached hydrogen (secondary N) is 1. The Kier molecular flexibility index (Phi) is 2.88. The molecule has 0 amide bonds. The number of benzene rings is 1. The van der Waals surface area contributed by atoms with Crippen molar-refractivity contribution >= 4 is 22.3 Å². The molecule has 1 aliphatic rings. The highest BCUT2D eigenvalue weighted by atomic mass is 32.1. The van der Waals surface area contributed by atoms with Gasteiger partial charge in [-0.1, -0.05) is 12.1 Å². The second kappa shape index (κ2) is 4.53. The molecule has 2 aromatic rings. The van der Waals surface area contributed by atoms with Gasteiger partial charge in [0.05, 0.1) is 0 Å². The zero-order valence-electron chi connectivity index (χ0n) is 10.2. The SMILES string of the molecule is CNc1nc(C(=O)c2ccc3c(c2)CCC3)cs1. The summed E-state index contributed by atoms with van der Waals surface area (Å²) in [6.45, 7) is 0. The summed E-state index contributed by atoms with van der Waals surface area (Å²) in [5.41, 5.74) is 4.00. The summed E-state index contributed by atoms with van der Waals surface area (Å²) in [5, 5.41) is 5.53. The third-order valence-corrected chi connectivity index (χ3v) is 4.17. The number of anilines is 1. The van der Waals surface area contributed by atoms with Crippen LogP contribution in [-0.4, -0.2) is 17.8 Å². The van der Waals surface area contributed by atoms with Gasteiger partial charge in [-0.25, -0.2) is 4.98 Å². The number of hydrogen-bond acceptors (Lipinski definition) is 4. The van der Waals surface area contributed by atoms with Crippen LogP contribution in [0.3, 0.4) is 0 Å². The third-order valence-electron chi connectivity index (χ3n) is 3.31. The molecular formula is C14H14N2OS. The molecule has 0 fully saturated rings. The van der Waals surface area contributed by atoms with E-state index in [2.05, 4.69) is 16.4 Å². The third kappa shape index (κ3) is 1.93. The Morgan fingerprint density at radius 3 is 2.94 bits per heavy atom. The monoisotopic (exact) mass is 258 g/mol. The molecule has 0 spiro atoms. The topological polar surface area (TPSA) is 42.0 Å². The number of carbonyl (C=O) groups excluding carboxylic acids is 1. The zero-order valence-corrected chi connectivity index (χ0v) is 11.0. The van der Waals surface area contributed by atoms with Gasteiger partial charge in [0, 0.05) is 18.0 Å². The first-order chi connectivity index (χ1) is 8.78. The number of nitrogens with zero attached hydrogens (tertiary/aromatic N) is 1. The number of aryl methyl sites for hydroxylation is 2. The van der Waals surface area contributed by atoms with Crippen LogP contribution in [0, 0.1) is 0 Å². The molecule has 4 heteroatoms. The summed E-state index contributed by atoms with van der Waals surface area (Å²) in [4.78, 5) is 16.5. The lowest BCUT2D eigenvalue weighted by Gasteiger charge is -2.02. The van der Waals surface area contributed by atoms with Crippen molar-refractivity contribution < 1.29 is 4.79 Å². The van der Waals surface area contributed by atoms with Crippen LogP contribution in [0.25, 0.3) is 0 Å². The van der Waals surface area contributed by atoms with Crippen molar-refractivity contribution in [2.24, 2.45) is 0 Å². The Bertz CT molecular complexity index is 604. The van der Waals surface area contributed by atoms with Crippen molar-refractivity contribution in [2.75, 3.05) is 12.4 Å². The standard InChI is InChI=1S/C14H14N2OS/c1-15-14-16-12(8-18-14)13(17)11-6-5-9-3-2-4-10(9)7-11/h5-8H,2-4H2,1H3,(H,15,16). The predicted octanol–water partition coefficient (Wildman–Crippen LogP) is 2.90. The fraction of sp³-hybridized carbons (Fsp3) is 0.286.